The number of hydrogen-bond donors (Lipinski definition) is 1. The third-order valence-electron chi connectivity index (χ3n) is 4.53. The highest BCUT2D eigenvalue weighted by Crippen LogP contribution is 2.33. The van der Waals surface area contributed by atoms with Crippen molar-refractivity contribution in [3.63, 3.8) is 0 Å². The lowest BCUT2D eigenvalue weighted by Gasteiger charge is -2.25. The molecule has 2 aromatic rings. The molecule has 1 N–H and O–H groups in total. The number of carbonyl (C=O) groups is 3. The number of rotatable bonds is 7. The Morgan fingerprint density at radius 2 is 1.72 bits per heavy atom. The van der Waals surface area contributed by atoms with Crippen LogP contribution in [0.3, 0.4) is 0 Å². The van der Waals surface area contributed by atoms with Crippen LogP contribution in [0.25, 0.3) is 0 Å². The highest BCUT2D eigenvalue weighted by Gasteiger charge is 2.43. The summed E-state index contributed by atoms with van der Waals surface area (Å²) in [6.07, 6.45) is 2.19. The lowest BCUT2D eigenvalue weighted by Crippen LogP contribution is -2.47. The molecular weight excluding hydrogens is 435 g/mol. The van der Waals surface area contributed by atoms with Gasteiger partial charge in [0, 0.05) is 0 Å². The Bertz CT molecular complexity index is 942. The van der Waals surface area contributed by atoms with E-state index in [1.54, 1.807) is 24.3 Å². The number of carbonyl (C=O) groups excluding carboxylic acids is 3. The molecule has 1 aliphatic heterocycles. The number of nitrogens with one attached hydrogen (secondary N) is 1. The van der Waals surface area contributed by atoms with Crippen LogP contribution in [0.4, 0.5) is 5.69 Å². The van der Waals surface area contributed by atoms with E-state index in [0.717, 1.165) is 4.90 Å². The van der Waals surface area contributed by atoms with Gasteiger partial charge in [0.2, 0.25) is 5.91 Å². The summed E-state index contributed by atoms with van der Waals surface area (Å²) in [7, 11) is 1.49. The molecule has 0 unspecified atom stereocenters. The molecular formula is C20H18Cl2N2O4S. The van der Waals surface area contributed by atoms with Crippen LogP contribution in [0.2, 0.25) is 10.0 Å². The maximum atomic E-state index is 13.1. The standard InChI is InChI=1S/C20H18Cl2N2O4S/c1-28-17-6-4-3-5-15(17)23-18(25)16(7-8-29-2)24-19(26)11-9-13(21)14(22)10-12(11)20(24)27/h3-6,9-10,16H,7-8H2,1-2H3,(H,23,25)/t16-/m0/s1. The molecule has 1 heterocycles. The second kappa shape index (κ2) is 9.07. The van der Waals surface area contributed by atoms with Crippen LogP contribution in [-0.4, -0.2) is 47.8 Å². The molecule has 3 rings (SSSR count). The van der Waals surface area contributed by atoms with E-state index in [1.165, 1.54) is 31.0 Å². The number of imide groups is 1. The zero-order valence-electron chi connectivity index (χ0n) is 15.7. The van der Waals surface area contributed by atoms with E-state index in [-0.39, 0.29) is 21.2 Å². The largest absolute Gasteiger partial charge is 0.495 e. The fraction of sp³-hybridized carbons (Fsp3) is 0.250. The van der Waals surface area contributed by atoms with Gasteiger partial charge in [0.05, 0.1) is 34.0 Å². The van der Waals surface area contributed by atoms with Gasteiger partial charge in [-0.3, -0.25) is 19.3 Å². The van der Waals surface area contributed by atoms with E-state index in [9.17, 15) is 14.4 Å². The summed E-state index contributed by atoms with van der Waals surface area (Å²) in [6.45, 7) is 0. The molecule has 2 aromatic carbocycles. The number of fused-ring (bicyclic) bond motifs is 1. The molecule has 29 heavy (non-hydrogen) atoms. The van der Waals surface area contributed by atoms with Crippen molar-refractivity contribution in [3.05, 3.63) is 57.6 Å². The Kier molecular flexibility index (Phi) is 6.72. The highest BCUT2D eigenvalue weighted by molar-refractivity contribution is 7.98. The number of para-hydroxylation sites is 2. The van der Waals surface area contributed by atoms with Crippen molar-refractivity contribution in [1.29, 1.82) is 0 Å². The van der Waals surface area contributed by atoms with Crippen LogP contribution in [0.15, 0.2) is 36.4 Å². The summed E-state index contributed by atoms with van der Waals surface area (Å²) in [5.41, 5.74) is 0.740. The summed E-state index contributed by atoms with van der Waals surface area (Å²) in [4.78, 5) is 40.0. The number of benzene rings is 2. The van der Waals surface area contributed by atoms with Crippen molar-refractivity contribution in [3.8, 4) is 5.75 Å². The molecule has 0 aromatic heterocycles. The van der Waals surface area contributed by atoms with Gasteiger partial charge in [-0.15, -0.1) is 0 Å². The smallest absolute Gasteiger partial charge is 0.262 e. The third kappa shape index (κ3) is 4.22. The Balaban J connectivity index is 1.93. The van der Waals surface area contributed by atoms with Crippen LogP contribution in [0.5, 0.6) is 5.75 Å². The molecule has 6 nitrogen and oxygen atoms in total. The second-order valence-corrected chi connectivity index (χ2v) is 8.08. The Morgan fingerprint density at radius 1 is 1.14 bits per heavy atom. The number of methoxy groups -OCH3 is 1. The minimum Gasteiger partial charge on any atom is -0.495 e. The van der Waals surface area contributed by atoms with Crippen LogP contribution < -0.4 is 10.1 Å². The number of thioether (sulfide) groups is 1. The summed E-state index contributed by atoms with van der Waals surface area (Å²) in [6, 6.07) is 8.66. The molecule has 1 atom stereocenters. The van der Waals surface area contributed by atoms with Crippen LogP contribution >= 0.6 is 35.0 Å². The van der Waals surface area contributed by atoms with Crippen LogP contribution in [0, 0.1) is 0 Å². The lowest BCUT2D eigenvalue weighted by molar-refractivity contribution is -0.120. The topological polar surface area (TPSA) is 75.7 Å². The van der Waals surface area contributed by atoms with Gasteiger partial charge in [-0.2, -0.15) is 11.8 Å². The molecule has 0 saturated heterocycles. The third-order valence-corrected chi connectivity index (χ3v) is 5.90. The van der Waals surface area contributed by atoms with E-state index in [0.29, 0.717) is 23.6 Å². The molecule has 0 spiro atoms. The molecule has 9 heteroatoms. The van der Waals surface area contributed by atoms with Gasteiger partial charge in [-0.25, -0.2) is 0 Å². The number of anilines is 1. The second-order valence-electron chi connectivity index (χ2n) is 6.28. The summed E-state index contributed by atoms with van der Waals surface area (Å²) in [5, 5.41) is 3.11. The van der Waals surface area contributed by atoms with Crippen molar-refractivity contribution in [2.75, 3.05) is 24.4 Å². The van der Waals surface area contributed by atoms with Gasteiger partial charge < -0.3 is 10.1 Å². The average Bonchev–Trinajstić information content (AvgIpc) is 2.93. The fourth-order valence-electron chi connectivity index (χ4n) is 3.11. The molecule has 0 radical (unpaired) electrons. The molecule has 152 valence electrons. The average molecular weight is 453 g/mol. The van der Waals surface area contributed by atoms with E-state index in [4.69, 9.17) is 27.9 Å². The minimum atomic E-state index is -0.989. The zero-order chi connectivity index (χ0) is 21.1. The Morgan fingerprint density at radius 3 is 2.28 bits per heavy atom. The summed E-state index contributed by atoms with van der Waals surface area (Å²) in [5.74, 6) is -0.547. The first kappa shape index (κ1) is 21.5. The predicted molar refractivity (Wildman–Crippen MR) is 115 cm³/mol. The molecule has 3 amide bonds. The van der Waals surface area contributed by atoms with Crippen molar-refractivity contribution >= 4 is 58.4 Å². The SMILES string of the molecule is COc1ccccc1NC(=O)[C@H](CCSC)N1C(=O)c2cc(Cl)c(Cl)cc2C1=O. The first-order chi connectivity index (χ1) is 13.9. The minimum absolute atomic E-state index is 0.142. The Labute approximate surface area is 182 Å². The zero-order valence-corrected chi connectivity index (χ0v) is 18.0. The van der Waals surface area contributed by atoms with Crippen molar-refractivity contribution in [1.82, 2.24) is 4.90 Å². The fourth-order valence-corrected chi connectivity index (χ4v) is 3.89. The van der Waals surface area contributed by atoms with Crippen LogP contribution in [0.1, 0.15) is 27.1 Å². The first-order valence-electron chi connectivity index (χ1n) is 8.68. The normalized spacial score (nSPS) is 14.0. The monoisotopic (exact) mass is 452 g/mol. The van der Waals surface area contributed by atoms with Gasteiger partial charge in [0.1, 0.15) is 11.8 Å². The van der Waals surface area contributed by atoms with Crippen molar-refractivity contribution in [2.24, 2.45) is 0 Å². The van der Waals surface area contributed by atoms with Gasteiger partial charge in [-0.05, 0) is 42.7 Å². The quantitative estimate of drug-likeness (QED) is 0.631. The molecule has 0 bridgehead atoms. The van der Waals surface area contributed by atoms with Gasteiger partial charge in [0.15, 0.2) is 0 Å². The number of nitrogens with zero attached hydrogens (tertiary/aromatic N) is 1. The number of hydrogen-bond acceptors (Lipinski definition) is 5. The molecule has 1 aliphatic rings. The number of amides is 3. The van der Waals surface area contributed by atoms with E-state index >= 15 is 0 Å². The molecule has 0 aliphatic carbocycles. The van der Waals surface area contributed by atoms with Gasteiger partial charge in [0.25, 0.3) is 11.8 Å². The predicted octanol–water partition coefficient (Wildman–Crippen LogP) is 4.36. The summed E-state index contributed by atoms with van der Waals surface area (Å²) >= 11 is 13.5. The maximum Gasteiger partial charge on any atom is 0.262 e. The van der Waals surface area contributed by atoms with Crippen LogP contribution in [-0.2, 0) is 4.79 Å². The molecule has 0 saturated carbocycles. The number of halogens is 2. The van der Waals surface area contributed by atoms with Crippen molar-refractivity contribution < 1.29 is 19.1 Å². The highest BCUT2D eigenvalue weighted by atomic mass is 35.5. The maximum absolute atomic E-state index is 13.1. The summed E-state index contributed by atoms with van der Waals surface area (Å²) < 4.78 is 5.26. The van der Waals surface area contributed by atoms with E-state index in [1.807, 2.05) is 6.26 Å². The van der Waals surface area contributed by atoms with Gasteiger partial charge in [-0.1, -0.05) is 35.3 Å². The molecule has 0 fully saturated rings. The first-order valence-corrected chi connectivity index (χ1v) is 10.8. The van der Waals surface area contributed by atoms with E-state index < -0.39 is 23.8 Å². The lowest BCUT2D eigenvalue weighted by atomic mass is 10.1. The Hall–Kier alpha value is -2.22. The number of ether oxygens (including phenoxy) is 1. The van der Waals surface area contributed by atoms with E-state index in [2.05, 4.69) is 5.32 Å². The van der Waals surface area contributed by atoms with Gasteiger partial charge >= 0.3 is 0 Å². The van der Waals surface area contributed by atoms with Crippen molar-refractivity contribution in [2.45, 2.75) is 12.5 Å².